The quantitative estimate of drug-likeness (QED) is 0.759. The van der Waals surface area contributed by atoms with Crippen molar-refractivity contribution < 1.29 is 19.0 Å². The Hall–Kier alpha value is -1.59. The molecular weight excluding hydrogens is 330 g/mol. The normalized spacial score (nSPS) is 22.0. The number of piperidine rings is 1. The molecule has 1 spiro atoms. The number of carbonyl (C=O) groups is 1. The summed E-state index contributed by atoms with van der Waals surface area (Å²) >= 11 is 0. The second kappa shape index (κ2) is 7.57. The van der Waals surface area contributed by atoms with E-state index < -0.39 is 0 Å². The predicted molar refractivity (Wildman–Crippen MR) is 98.3 cm³/mol. The van der Waals surface area contributed by atoms with Gasteiger partial charge in [-0.05, 0) is 55.4 Å². The SMILES string of the molecule is COCCOc1ccc2c(c1)CCOC21CCN(C(=O)C2CCC2)CC1. The summed E-state index contributed by atoms with van der Waals surface area (Å²) in [4.78, 5) is 14.6. The second-order valence-corrected chi connectivity index (χ2v) is 7.71. The molecule has 0 radical (unpaired) electrons. The highest BCUT2D eigenvalue weighted by atomic mass is 16.5. The van der Waals surface area contributed by atoms with Gasteiger partial charge in [-0.25, -0.2) is 0 Å². The molecule has 4 rings (SSSR count). The molecule has 1 amide bonds. The minimum absolute atomic E-state index is 0.227. The monoisotopic (exact) mass is 359 g/mol. The summed E-state index contributed by atoms with van der Waals surface area (Å²) < 4.78 is 17.1. The van der Waals surface area contributed by atoms with E-state index in [1.807, 2.05) is 6.07 Å². The van der Waals surface area contributed by atoms with Gasteiger partial charge in [0.25, 0.3) is 0 Å². The number of benzene rings is 1. The molecule has 26 heavy (non-hydrogen) atoms. The molecule has 2 aliphatic heterocycles. The van der Waals surface area contributed by atoms with Crippen LogP contribution in [0, 0.1) is 5.92 Å². The molecule has 1 saturated carbocycles. The van der Waals surface area contributed by atoms with Gasteiger partial charge in [-0.15, -0.1) is 0 Å². The first-order chi connectivity index (χ1) is 12.7. The van der Waals surface area contributed by atoms with Crippen molar-refractivity contribution in [3.63, 3.8) is 0 Å². The van der Waals surface area contributed by atoms with Crippen molar-refractivity contribution in [1.82, 2.24) is 4.90 Å². The van der Waals surface area contributed by atoms with Crippen LogP contribution < -0.4 is 4.74 Å². The lowest BCUT2D eigenvalue weighted by molar-refractivity contribution is -0.147. The summed E-state index contributed by atoms with van der Waals surface area (Å²) in [5, 5.41) is 0. The van der Waals surface area contributed by atoms with Gasteiger partial charge in [0.05, 0.1) is 18.8 Å². The van der Waals surface area contributed by atoms with Gasteiger partial charge in [0, 0.05) is 26.1 Å². The highest BCUT2D eigenvalue weighted by molar-refractivity contribution is 5.79. The molecule has 142 valence electrons. The Morgan fingerprint density at radius 2 is 2.08 bits per heavy atom. The van der Waals surface area contributed by atoms with E-state index in [-0.39, 0.29) is 11.5 Å². The zero-order valence-electron chi connectivity index (χ0n) is 15.7. The number of methoxy groups -OCH3 is 1. The summed E-state index contributed by atoms with van der Waals surface area (Å²) in [5.74, 6) is 1.55. The molecule has 1 aliphatic carbocycles. The Kier molecular flexibility index (Phi) is 5.18. The van der Waals surface area contributed by atoms with Crippen LogP contribution in [0.3, 0.4) is 0 Å². The molecule has 0 atom stereocenters. The number of ether oxygens (including phenoxy) is 3. The average Bonchev–Trinajstić information content (AvgIpc) is 2.61. The first-order valence-corrected chi connectivity index (χ1v) is 9.90. The first kappa shape index (κ1) is 17.8. The topological polar surface area (TPSA) is 48.0 Å². The molecular formula is C21H29NO4. The molecule has 5 heteroatoms. The highest BCUT2D eigenvalue weighted by Crippen LogP contribution is 2.43. The van der Waals surface area contributed by atoms with Gasteiger partial charge in [-0.2, -0.15) is 0 Å². The summed E-state index contributed by atoms with van der Waals surface area (Å²) in [5.41, 5.74) is 2.39. The van der Waals surface area contributed by atoms with Crippen LogP contribution in [0.1, 0.15) is 43.2 Å². The van der Waals surface area contributed by atoms with Crippen molar-refractivity contribution in [3.05, 3.63) is 29.3 Å². The minimum Gasteiger partial charge on any atom is -0.491 e. The van der Waals surface area contributed by atoms with Crippen LogP contribution in [0.25, 0.3) is 0 Å². The van der Waals surface area contributed by atoms with E-state index in [2.05, 4.69) is 17.0 Å². The maximum absolute atomic E-state index is 12.5. The van der Waals surface area contributed by atoms with Gasteiger partial charge >= 0.3 is 0 Å². The van der Waals surface area contributed by atoms with E-state index in [9.17, 15) is 4.79 Å². The van der Waals surface area contributed by atoms with Crippen LogP contribution >= 0.6 is 0 Å². The first-order valence-electron chi connectivity index (χ1n) is 9.90. The van der Waals surface area contributed by atoms with Crippen LogP contribution in [-0.2, 0) is 26.3 Å². The third-order valence-corrected chi connectivity index (χ3v) is 6.21. The molecule has 0 aromatic heterocycles. The van der Waals surface area contributed by atoms with E-state index in [4.69, 9.17) is 14.2 Å². The summed E-state index contributed by atoms with van der Waals surface area (Å²) in [6.45, 7) is 3.51. The summed E-state index contributed by atoms with van der Waals surface area (Å²) in [6.07, 6.45) is 6.06. The van der Waals surface area contributed by atoms with Crippen molar-refractivity contribution in [2.75, 3.05) is 40.0 Å². The van der Waals surface area contributed by atoms with Crippen molar-refractivity contribution in [1.29, 1.82) is 0 Å². The van der Waals surface area contributed by atoms with Gasteiger partial charge in [-0.1, -0.05) is 12.5 Å². The smallest absolute Gasteiger partial charge is 0.225 e. The lowest BCUT2D eigenvalue weighted by Gasteiger charge is -2.46. The number of carbonyl (C=O) groups excluding carboxylic acids is 1. The van der Waals surface area contributed by atoms with Crippen LogP contribution in [0.2, 0.25) is 0 Å². The largest absolute Gasteiger partial charge is 0.491 e. The lowest BCUT2D eigenvalue weighted by Crippen LogP contribution is -2.50. The van der Waals surface area contributed by atoms with E-state index in [0.29, 0.717) is 19.1 Å². The second-order valence-electron chi connectivity index (χ2n) is 7.71. The number of likely N-dealkylation sites (tertiary alicyclic amines) is 1. The van der Waals surface area contributed by atoms with Gasteiger partial charge in [0.2, 0.25) is 5.91 Å². The van der Waals surface area contributed by atoms with E-state index in [1.165, 1.54) is 17.5 Å². The maximum Gasteiger partial charge on any atom is 0.225 e. The van der Waals surface area contributed by atoms with E-state index in [0.717, 1.165) is 57.6 Å². The van der Waals surface area contributed by atoms with Crippen LogP contribution in [-0.4, -0.2) is 50.8 Å². The van der Waals surface area contributed by atoms with Gasteiger partial charge in [0.15, 0.2) is 0 Å². The van der Waals surface area contributed by atoms with Gasteiger partial charge in [0.1, 0.15) is 12.4 Å². The van der Waals surface area contributed by atoms with Crippen LogP contribution in [0.15, 0.2) is 18.2 Å². The zero-order chi connectivity index (χ0) is 18.0. The van der Waals surface area contributed by atoms with E-state index >= 15 is 0 Å². The number of rotatable bonds is 5. The Bertz CT molecular complexity index is 647. The van der Waals surface area contributed by atoms with Gasteiger partial charge in [-0.3, -0.25) is 4.79 Å². The number of fused-ring (bicyclic) bond motifs is 2. The maximum atomic E-state index is 12.5. The van der Waals surface area contributed by atoms with Crippen molar-refractivity contribution in [3.8, 4) is 5.75 Å². The highest BCUT2D eigenvalue weighted by Gasteiger charge is 2.42. The summed E-state index contributed by atoms with van der Waals surface area (Å²) in [7, 11) is 1.68. The van der Waals surface area contributed by atoms with Crippen molar-refractivity contribution in [2.45, 2.75) is 44.1 Å². The fraction of sp³-hybridized carbons (Fsp3) is 0.667. The molecule has 2 heterocycles. The fourth-order valence-electron chi connectivity index (χ4n) is 4.40. The Morgan fingerprint density at radius 1 is 1.27 bits per heavy atom. The standard InChI is InChI=1S/C21H29NO4/c1-24-13-14-25-18-5-6-19-17(15-18)7-12-26-21(19)8-10-22(11-9-21)20(23)16-3-2-4-16/h5-6,15-16H,2-4,7-14H2,1H3. The molecule has 1 aromatic rings. The molecule has 1 saturated heterocycles. The molecule has 0 unspecified atom stereocenters. The van der Waals surface area contributed by atoms with Crippen molar-refractivity contribution in [2.24, 2.45) is 5.92 Å². The fourth-order valence-corrected chi connectivity index (χ4v) is 4.40. The molecule has 3 aliphatic rings. The van der Waals surface area contributed by atoms with Crippen LogP contribution in [0.5, 0.6) is 5.75 Å². The van der Waals surface area contributed by atoms with Crippen LogP contribution in [0.4, 0.5) is 0 Å². The number of hydrogen-bond donors (Lipinski definition) is 0. The molecule has 0 bridgehead atoms. The molecule has 1 aromatic carbocycles. The minimum atomic E-state index is -0.227. The number of amides is 1. The zero-order valence-corrected chi connectivity index (χ0v) is 15.7. The number of nitrogens with zero attached hydrogens (tertiary/aromatic N) is 1. The number of hydrogen-bond acceptors (Lipinski definition) is 4. The lowest BCUT2D eigenvalue weighted by atomic mass is 9.78. The van der Waals surface area contributed by atoms with E-state index in [1.54, 1.807) is 7.11 Å². The predicted octanol–water partition coefficient (Wildman–Crippen LogP) is 2.90. The molecule has 5 nitrogen and oxygen atoms in total. The van der Waals surface area contributed by atoms with Gasteiger partial charge < -0.3 is 19.1 Å². The third kappa shape index (κ3) is 3.35. The Labute approximate surface area is 155 Å². The Balaban J connectivity index is 1.45. The molecule has 2 fully saturated rings. The Morgan fingerprint density at radius 3 is 2.77 bits per heavy atom. The van der Waals surface area contributed by atoms with Crippen molar-refractivity contribution >= 4 is 5.91 Å². The third-order valence-electron chi connectivity index (χ3n) is 6.21. The average molecular weight is 359 g/mol. The molecule has 0 N–H and O–H groups in total. The summed E-state index contributed by atoms with van der Waals surface area (Å²) in [6, 6.07) is 6.36.